The number of carbonyl (C=O) groups is 1. The van der Waals surface area contributed by atoms with Crippen LogP contribution >= 0.6 is 22.9 Å². The Balaban J connectivity index is 1.65. The number of halogens is 1. The van der Waals surface area contributed by atoms with E-state index in [1.165, 1.54) is 4.88 Å². The van der Waals surface area contributed by atoms with Crippen LogP contribution in [0.4, 0.5) is 0 Å². The zero-order valence-electron chi connectivity index (χ0n) is 12.4. The second-order valence-electron chi connectivity index (χ2n) is 5.48. The zero-order valence-corrected chi connectivity index (χ0v) is 14.0. The molecule has 116 valence electrons. The minimum atomic E-state index is 0.0217. The smallest absolute Gasteiger partial charge is 0.261 e. The average molecular weight is 336 g/mol. The van der Waals surface area contributed by atoms with Gasteiger partial charge in [0.2, 0.25) is 0 Å². The molecule has 1 unspecified atom stereocenters. The van der Waals surface area contributed by atoms with E-state index in [-0.39, 0.29) is 18.6 Å². The van der Waals surface area contributed by atoms with Gasteiger partial charge in [0.15, 0.2) is 6.61 Å². The zero-order chi connectivity index (χ0) is 15.5. The van der Waals surface area contributed by atoms with Gasteiger partial charge < -0.3 is 9.64 Å². The molecule has 1 aromatic heterocycles. The molecular weight excluding hydrogens is 318 g/mol. The van der Waals surface area contributed by atoms with Crippen LogP contribution in [0.5, 0.6) is 5.75 Å². The van der Waals surface area contributed by atoms with Gasteiger partial charge in [-0.15, -0.1) is 11.3 Å². The summed E-state index contributed by atoms with van der Waals surface area (Å²) in [5.74, 6) is 0.593. The van der Waals surface area contributed by atoms with E-state index in [2.05, 4.69) is 11.4 Å². The van der Waals surface area contributed by atoms with Gasteiger partial charge in [-0.2, -0.15) is 0 Å². The van der Waals surface area contributed by atoms with Crippen molar-refractivity contribution in [2.24, 2.45) is 0 Å². The predicted octanol–water partition coefficient (Wildman–Crippen LogP) is 4.45. The van der Waals surface area contributed by atoms with Crippen molar-refractivity contribution >= 4 is 28.8 Å². The number of thiophene rings is 1. The van der Waals surface area contributed by atoms with E-state index in [1.807, 2.05) is 30.0 Å². The highest BCUT2D eigenvalue weighted by Crippen LogP contribution is 2.34. The van der Waals surface area contributed by atoms with Crippen LogP contribution in [0.1, 0.15) is 29.3 Å². The van der Waals surface area contributed by atoms with Gasteiger partial charge in [0.25, 0.3) is 5.91 Å². The predicted molar refractivity (Wildman–Crippen MR) is 89.7 cm³/mol. The lowest BCUT2D eigenvalue weighted by molar-refractivity contribution is -0.134. The van der Waals surface area contributed by atoms with Crippen LogP contribution in [0.15, 0.2) is 35.7 Å². The van der Waals surface area contributed by atoms with Gasteiger partial charge in [0, 0.05) is 11.4 Å². The third kappa shape index (κ3) is 3.28. The number of benzene rings is 1. The molecule has 5 heteroatoms. The molecule has 3 nitrogen and oxygen atoms in total. The number of hydrogen-bond acceptors (Lipinski definition) is 3. The number of rotatable bonds is 4. The summed E-state index contributed by atoms with van der Waals surface area (Å²) in [5.41, 5.74) is 1.06. The van der Waals surface area contributed by atoms with Crippen molar-refractivity contribution in [3.05, 3.63) is 51.2 Å². The van der Waals surface area contributed by atoms with Crippen molar-refractivity contribution in [3.63, 3.8) is 0 Å². The summed E-state index contributed by atoms with van der Waals surface area (Å²) in [7, 11) is 0. The molecule has 1 amide bonds. The van der Waals surface area contributed by atoms with Crippen LogP contribution in [0.2, 0.25) is 5.02 Å². The summed E-state index contributed by atoms with van der Waals surface area (Å²) in [6.07, 6.45) is 2.07. The first kappa shape index (κ1) is 15.4. The minimum Gasteiger partial charge on any atom is -0.482 e. The number of aryl methyl sites for hydroxylation is 1. The first-order valence-electron chi connectivity index (χ1n) is 7.37. The molecule has 2 aromatic rings. The van der Waals surface area contributed by atoms with Crippen molar-refractivity contribution in [1.82, 2.24) is 4.90 Å². The third-order valence-corrected chi connectivity index (χ3v) is 5.17. The number of ether oxygens (including phenoxy) is 1. The second kappa shape index (κ2) is 6.71. The molecule has 2 heterocycles. The Hall–Kier alpha value is -1.52. The molecular formula is C17H18ClNO2S. The first-order chi connectivity index (χ1) is 10.6. The van der Waals surface area contributed by atoms with Crippen LogP contribution in [0.25, 0.3) is 0 Å². The monoisotopic (exact) mass is 335 g/mol. The molecule has 0 spiro atoms. The minimum absolute atomic E-state index is 0.0217. The Kier molecular flexibility index (Phi) is 4.69. The Bertz CT molecular complexity index is 657. The van der Waals surface area contributed by atoms with E-state index in [1.54, 1.807) is 17.4 Å². The topological polar surface area (TPSA) is 29.5 Å². The molecule has 1 atom stereocenters. The molecule has 0 radical (unpaired) electrons. The van der Waals surface area contributed by atoms with Gasteiger partial charge in [0.05, 0.1) is 11.1 Å². The SMILES string of the molecule is Cc1ccc(Cl)c(OCC(=O)N2CCCC2c2cccs2)c1. The maximum absolute atomic E-state index is 12.5. The highest BCUT2D eigenvalue weighted by Gasteiger charge is 2.30. The molecule has 0 bridgehead atoms. The number of likely N-dealkylation sites (tertiary alicyclic amines) is 1. The Morgan fingerprint density at radius 3 is 3.09 bits per heavy atom. The van der Waals surface area contributed by atoms with Crippen molar-refractivity contribution in [3.8, 4) is 5.75 Å². The summed E-state index contributed by atoms with van der Waals surface area (Å²) in [5, 5.41) is 2.59. The normalized spacial score (nSPS) is 17.7. The molecule has 22 heavy (non-hydrogen) atoms. The largest absolute Gasteiger partial charge is 0.482 e. The highest BCUT2D eigenvalue weighted by atomic mass is 35.5. The van der Waals surface area contributed by atoms with Crippen molar-refractivity contribution in [2.75, 3.05) is 13.2 Å². The fraction of sp³-hybridized carbons (Fsp3) is 0.353. The third-order valence-electron chi connectivity index (χ3n) is 3.88. The van der Waals surface area contributed by atoms with Crippen molar-refractivity contribution in [2.45, 2.75) is 25.8 Å². The van der Waals surface area contributed by atoms with Gasteiger partial charge in [-0.3, -0.25) is 4.79 Å². The highest BCUT2D eigenvalue weighted by molar-refractivity contribution is 7.10. The Labute approximate surface area is 139 Å². The molecule has 1 aliphatic rings. The number of amides is 1. The average Bonchev–Trinajstić information content (AvgIpc) is 3.17. The molecule has 0 N–H and O–H groups in total. The second-order valence-corrected chi connectivity index (χ2v) is 6.87. The van der Waals surface area contributed by atoms with E-state index in [0.717, 1.165) is 24.9 Å². The van der Waals surface area contributed by atoms with Crippen LogP contribution in [0.3, 0.4) is 0 Å². The lowest BCUT2D eigenvalue weighted by atomic mass is 10.2. The van der Waals surface area contributed by atoms with E-state index >= 15 is 0 Å². The van der Waals surface area contributed by atoms with Crippen LogP contribution < -0.4 is 4.74 Å². The summed E-state index contributed by atoms with van der Waals surface area (Å²) >= 11 is 7.81. The number of nitrogens with zero attached hydrogens (tertiary/aromatic N) is 1. The number of hydrogen-bond donors (Lipinski definition) is 0. The van der Waals surface area contributed by atoms with Crippen molar-refractivity contribution < 1.29 is 9.53 Å². The molecule has 3 rings (SSSR count). The maximum Gasteiger partial charge on any atom is 0.261 e. The lowest BCUT2D eigenvalue weighted by Gasteiger charge is -2.24. The van der Waals surface area contributed by atoms with Crippen LogP contribution in [-0.4, -0.2) is 24.0 Å². The molecule has 1 aliphatic heterocycles. The summed E-state index contributed by atoms with van der Waals surface area (Å²) in [6, 6.07) is 9.90. The molecule has 1 aromatic carbocycles. The van der Waals surface area contributed by atoms with Crippen LogP contribution in [-0.2, 0) is 4.79 Å². The summed E-state index contributed by atoms with van der Waals surface area (Å²) in [4.78, 5) is 15.7. The first-order valence-corrected chi connectivity index (χ1v) is 8.63. The molecule has 1 fully saturated rings. The lowest BCUT2D eigenvalue weighted by Crippen LogP contribution is -2.34. The molecule has 0 aliphatic carbocycles. The molecule has 1 saturated heterocycles. The fourth-order valence-electron chi connectivity index (χ4n) is 2.79. The van der Waals surface area contributed by atoms with E-state index < -0.39 is 0 Å². The van der Waals surface area contributed by atoms with Crippen molar-refractivity contribution in [1.29, 1.82) is 0 Å². The van der Waals surface area contributed by atoms with Gasteiger partial charge in [-0.1, -0.05) is 23.7 Å². The van der Waals surface area contributed by atoms with Crippen LogP contribution in [0, 0.1) is 6.92 Å². The maximum atomic E-state index is 12.5. The van der Waals surface area contributed by atoms with E-state index in [4.69, 9.17) is 16.3 Å². The van der Waals surface area contributed by atoms with Gasteiger partial charge in [-0.25, -0.2) is 0 Å². The molecule has 0 saturated carbocycles. The van der Waals surface area contributed by atoms with E-state index in [9.17, 15) is 4.79 Å². The van der Waals surface area contributed by atoms with E-state index in [0.29, 0.717) is 10.8 Å². The Morgan fingerprint density at radius 1 is 1.45 bits per heavy atom. The van der Waals surface area contributed by atoms with Gasteiger partial charge in [0.1, 0.15) is 5.75 Å². The Morgan fingerprint density at radius 2 is 2.32 bits per heavy atom. The fourth-order valence-corrected chi connectivity index (χ4v) is 3.83. The quantitative estimate of drug-likeness (QED) is 0.826. The summed E-state index contributed by atoms with van der Waals surface area (Å²) < 4.78 is 5.64. The van der Waals surface area contributed by atoms with Gasteiger partial charge >= 0.3 is 0 Å². The number of carbonyl (C=O) groups excluding carboxylic acids is 1. The standard InChI is InChI=1S/C17H18ClNO2S/c1-12-6-7-13(18)15(10-12)21-11-17(20)19-8-2-4-14(19)16-5-3-9-22-16/h3,5-7,9-10,14H,2,4,8,11H2,1H3. The summed E-state index contributed by atoms with van der Waals surface area (Å²) in [6.45, 7) is 2.80. The van der Waals surface area contributed by atoms with Gasteiger partial charge in [-0.05, 0) is 48.9 Å².